The van der Waals surface area contributed by atoms with Crippen LogP contribution in [0.4, 0.5) is 0 Å². The molecule has 0 fully saturated rings. The molecule has 2 heterocycles. The van der Waals surface area contributed by atoms with Crippen LogP contribution in [0.15, 0.2) is 30.3 Å². The van der Waals surface area contributed by atoms with Gasteiger partial charge < -0.3 is 0 Å². The molecule has 0 N–H and O–H groups in total. The van der Waals surface area contributed by atoms with Crippen molar-refractivity contribution in [3.05, 3.63) is 53.0 Å². The lowest BCUT2D eigenvalue weighted by molar-refractivity contribution is -0.526. The van der Waals surface area contributed by atoms with Crippen molar-refractivity contribution in [1.29, 1.82) is 0 Å². The van der Waals surface area contributed by atoms with Crippen LogP contribution in [0, 0.1) is 13.8 Å². The van der Waals surface area contributed by atoms with Crippen molar-refractivity contribution in [3.8, 4) is 10.4 Å². The number of fused-ring (bicyclic) bond motifs is 5. The van der Waals surface area contributed by atoms with Crippen LogP contribution in [0.2, 0.25) is 0 Å². The summed E-state index contributed by atoms with van der Waals surface area (Å²) >= 11 is 1.81. The van der Waals surface area contributed by atoms with E-state index in [1.165, 1.54) is 27.4 Å². The molecular formula is C15H13N2S+. The lowest BCUT2D eigenvalue weighted by atomic mass is 10.1. The summed E-state index contributed by atoms with van der Waals surface area (Å²) in [7, 11) is 0. The summed E-state index contributed by atoms with van der Waals surface area (Å²) in [6, 6.07) is 10.8. The zero-order chi connectivity index (χ0) is 12.3. The van der Waals surface area contributed by atoms with Gasteiger partial charge in [-0.3, -0.25) is 0 Å². The van der Waals surface area contributed by atoms with Crippen LogP contribution in [0.5, 0.6) is 0 Å². The Morgan fingerprint density at radius 3 is 2.94 bits per heavy atom. The summed E-state index contributed by atoms with van der Waals surface area (Å²) in [6.07, 6.45) is 1.03. The van der Waals surface area contributed by atoms with Gasteiger partial charge in [0.25, 0.3) is 0 Å². The maximum atomic E-state index is 4.65. The second kappa shape index (κ2) is 3.39. The molecule has 1 aliphatic carbocycles. The van der Waals surface area contributed by atoms with E-state index < -0.39 is 0 Å². The highest BCUT2D eigenvalue weighted by molar-refractivity contribution is 7.20. The first kappa shape index (κ1) is 10.2. The molecule has 0 unspecified atom stereocenters. The van der Waals surface area contributed by atoms with Crippen molar-refractivity contribution in [1.82, 2.24) is 4.98 Å². The number of rotatable bonds is 0. The number of aromatic nitrogens is 2. The summed E-state index contributed by atoms with van der Waals surface area (Å²) in [5.41, 5.74) is 6.61. The second-order valence-electron chi connectivity index (χ2n) is 4.87. The average Bonchev–Trinajstić information content (AvgIpc) is 2.83. The first-order valence-corrected chi connectivity index (χ1v) is 6.95. The van der Waals surface area contributed by atoms with Gasteiger partial charge in [-0.1, -0.05) is 24.3 Å². The van der Waals surface area contributed by atoms with Crippen molar-refractivity contribution < 1.29 is 4.40 Å². The minimum atomic E-state index is 1.03. The van der Waals surface area contributed by atoms with E-state index in [2.05, 4.69) is 53.6 Å². The van der Waals surface area contributed by atoms with Gasteiger partial charge in [0.15, 0.2) is 5.69 Å². The lowest BCUT2D eigenvalue weighted by Gasteiger charge is -1.96. The molecule has 0 spiro atoms. The van der Waals surface area contributed by atoms with Crippen LogP contribution < -0.4 is 4.40 Å². The fourth-order valence-electron chi connectivity index (χ4n) is 2.85. The van der Waals surface area contributed by atoms with Gasteiger partial charge in [-0.15, -0.1) is 0 Å². The van der Waals surface area contributed by atoms with E-state index >= 15 is 0 Å². The Balaban J connectivity index is 2.11. The predicted octanol–water partition coefficient (Wildman–Crippen LogP) is 3.07. The summed E-state index contributed by atoms with van der Waals surface area (Å²) in [6.45, 7) is 4.23. The third kappa shape index (κ3) is 1.22. The van der Waals surface area contributed by atoms with Crippen LogP contribution in [0.1, 0.15) is 22.6 Å². The number of hydrogen-bond donors (Lipinski definition) is 0. The molecular weight excluding hydrogens is 240 g/mol. The molecule has 0 aliphatic heterocycles. The van der Waals surface area contributed by atoms with E-state index in [-0.39, 0.29) is 0 Å². The Morgan fingerprint density at radius 1 is 1.22 bits per heavy atom. The van der Waals surface area contributed by atoms with Crippen LogP contribution in [0.25, 0.3) is 15.4 Å². The molecule has 18 heavy (non-hydrogen) atoms. The van der Waals surface area contributed by atoms with E-state index in [1.807, 2.05) is 11.3 Å². The highest BCUT2D eigenvalue weighted by Crippen LogP contribution is 2.39. The maximum Gasteiger partial charge on any atom is 0.388 e. The smallest absolute Gasteiger partial charge is 0.187 e. The summed E-state index contributed by atoms with van der Waals surface area (Å²) in [5.74, 6) is 0. The third-order valence-corrected chi connectivity index (χ3v) is 4.70. The first-order valence-electron chi connectivity index (χ1n) is 6.14. The lowest BCUT2D eigenvalue weighted by Crippen LogP contribution is -2.28. The molecule has 88 valence electrons. The minimum Gasteiger partial charge on any atom is -0.187 e. The first-order chi connectivity index (χ1) is 8.74. The fraction of sp³-hybridized carbons (Fsp3) is 0.200. The van der Waals surface area contributed by atoms with Gasteiger partial charge in [0.2, 0.25) is 0 Å². The molecule has 4 rings (SSSR count). The highest BCUT2D eigenvalue weighted by Gasteiger charge is 2.29. The minimum absolute atomic E-state index is 1.03. The van der Waals surface area contributed by atoms with Gasteiger partial charge in [0.1, 0.15) is 11.4 Å². The standard InChI is InChI=1S/C15H13N2S/c1-9-7-10(2)17-13-8-11-5-3-4-6-12(11)14(13)18-15(17)16-9/h3-7H,8H2,1-2H3/q+1. The molecule has 0 saturated carbocycles. The monoisotopic (exact) mass is 253 g/mol. The quantitative estimate of drug-likeness (QED) is 0.440. The summed E-state index contributed by atoms with van der Waals surface area (Å²) in [4.78, 5) is 7.17. The van der Waals surface area contributed by atoms with E-state index in [1.54, 1.807) is 0 Å². The van der Waals surface area contributed by atoms with Gasteiger partial charge in [0, 0.05) is 19.4 Å². The van der Waals surface area contributed by atoms with Crippen molar-refractivity contribution >= 4 is 16.3 Å². The van der Waals surface area contributed by atoms with Crippen molar-refractivity contribution in [2.75, 3.05) is 0 Å². The summed E-state index contributed by atoms with van der Waals surface area (Å²) in [5, 5.41) is 0. The molecule has 1 aliphatic rings. The Kier molecular flexibility index (Phi) is 1.92. The largest absolute Gasteiger partial charge is 0.388 e. The molecule has 3 aromatic rings. The number of aryl methyl sites for hydroxylation is 2. The fourth-order valence-corrected chi connectivity index (χ4v) is 4.15. The Bertz CT molecular complexity index is 787. The third-order valence-electron chi connectivity index (χ3n) is 3.58. The van der Waals surface area contributed by atoms with E-state index in [9.17, 15) is 0 Å². The van der Waals surface area contributed by atoms with Crippen LogP contribution >= 0.6 is 11.3 Å². The Morgan fingerprint density at radius 2 is 2.06 bits per heavy atom. The van der Waals surface area contributed by atoms with Gasteiger partial charge in [-0.05, 0) is 34.4 Å². The van der Waals surface area contributed by atoms with Crippen LogP contribution in [-0.2, 0) is 6.42 Å². The van der Waals surface area contributed by atoms with Crippen molar-refractivity contribution in [2.24, 2.45) is 0 Å². The second-order valence-corrected chi connectivity index (χ2v) is 5.85. The Labute approximate surface area is 110 Å². The van der Waals surface area contributed by atoms with Crippen molar-refractivity contribution in [2.45, 2.75) is 20.3 Å². The van der Waals surface area contributed by atoms with Gasteiger partial charge in [-0.25, -0.2) is 0 Å². The van der Waals surface area contributed by atoms with Gasteiger partial charge >= 0.3 is 4.96 Å². The Hall–Kier alpha value is -1.74. The number of nitrogens with zero attached hydrogens (tertiary/aromatic N) is 2. The van der Waals surface area contributed by atoms with Gasteiger partial charge in [0.05, 0.1) is 4.88 Å². The highest BCUT2D eigenvalue weighted by atomic mass is 32.1. The molecule has 0 amide bonds. The zero-order valence-corrected chi connectivity index (χ0v) is 11.2. The van der Waals surface area contributed by atoms with E-state index in [4.69, 9.17) is 0 Å². The van der Waals surface area contributed by atoms with E-state index in [0.717, 1.165) is 17.1 Å². The molecule has 0 saturated heterocycles. The van der Waals surface area contributed by atoms with Gasteiger partial charge in [-0.2, -0.15) is 4.40 Å². The predicted molar refractivity (Wildman–Crippen MR) is 73.0 cm³/mol. The average molecular weight is 253 g/mol. The summed E-state index contributed by atoms with van der Waals surface area (Å²) < 4.78 is 2.31. The number of benzene rings is 1. The molecule has 0 bridgehead atoms. The SMILES string of the molecule is Cc1cc(C)[n+]2c3c(sc2n1)-c1ccccc1C3. The molecule has 2 nitrogen and oxygen atoms in total. The number of thiazole rings is 1. The zero-order valence-electron chi connectivity index (χ0n) is 10.4. The van der Waals surface area contributed by atoms with Crippen LogP contribution in [0.3, 0.4) is 0 Å². The van der Waals surface area contributed by atoms with Crippen LogP contribution in [-0.4, -0.2) is 4.98 Å². The number of hydrogen-bond acceptors (Lipinski definition) is 2. The van der Waals surface area contributed by atoms with E-state index in [0.29, 0.717) is 0 Å². The molecule has 2 aromatic heterocycles. The maximum absolute atomic E-state index is 4.65. The topological polar surface area (TPSA) is 17.0 Å². The molecule has 0 atom stereocenters. The van der Waals surface area contributed by atoms with Crippen molar-refractivity contribution in [3.63, 3.8) is 0 Å². The molecule has 0 radical (unpaired) electrons. The normalized spacial score (nSPS) is 12.8. The molecule has 3 heteroatoms. The molecule has 1 aromatic carbocycles.